The van der Waals surface area contributed by atoms with Crippen LogP contribution >= 0.6 is 0 Å². The second-order valence-corrected chi connectivity index (χ2v) is 14.3. The molecule has 212 valence electrons. The minimum atomic E-state index is -0.827. The molecule has 7 aliphatic rings. The number of carbonyl (C=O) groups is 2. The van der Waals surface area contributed by atoms with Crippen LogP contribution < -0.4 is 4.74 Å². The fourth-order valence-electron chi connectivity index (χ4n) is 11.7. The smallest absolute Gasteiger partial charge is 0.176 e. The van der Waals surface area contributed by atoms with Crippen LogP contribution in [0.4, 0.5) is 0 Å². The van der Waals surface area contributed by atoms with E-state index in [9.17, 15) is 9.59 Å². The third-order valence-electron chi connectivity index (χ3n) is 13.4. The monoisotopic (exact) mass is 542 g/mol. The Kier molecular flexibility index (Phi) is 5.21. The van der Waals surface area contributed by atoms with Crippen LogP contribution in [0.15, 0.2) is 47.6 Å². The minimum Gasteiger partial charge on any atom is -0.497 e. The Bertz CT molecular complexity index is 1350. The maximum atomic E-state index is 14.9. The van der Waals surface area contributed by atoms with Crippen molar-refractivity contribution < 1.29 is 23.8 Å². The Morgan fingerprint density at radius 3 is 2.30 bits per heavy atom. The number of ketones is 2. The van der Waals surface area contributed by atoms with Gasteiger partial charge < -0.3 is 14.2 Å². The highest BCUT2D eigenvalue weighted by Gasteiger charge is 2.81. The Balaban J connectivity index is 1.34. The number of hydrogen-bond donors (Lipinski definition) is 0. The van der Waals surface area contributed by atoms with Gasteiger partial charge in [0.1, 0.15) is 17.3 Å². The molecule has 5 heteroatoms. The van der Waals surface area contributed by atoms with E-state index in [4.69, 9.17) is 14.2 Å². The molecule has 5 nitrogen and oxygen atoms in total. The van der Waals surface area contributed by atoms with Gasteiger partial charge in [-0.3, -0.25) is 9.59 Å². The molecule has 1 aliphatic heterocycles. The van der Waals surface area contributed by atoms with Crippen LogP contribution in [0, 0.1) is 46.3 Å². The zero-order chi connectivity index (χ0) is 27.7. The minimum absolute atomic E-state index is 0.00304. The average Bonchev–Trinajstić information content (AvgIpc) is 3.61. The van der Waals surface area contributed by atoms with E-state index in [1.54, 1.807) is 7.11 Å². The largest absolute Gasteiger partial charge is 0.497 e. The van der Waals surface area contributed by atoms with Gasteiger partial charge in [0.2, 0.25) is 0 Å². The van der Waals surface area contributed by atoms with Crippen molar-refractivity contribution >= 4 is 11.6 Å². The molecule has 8 rings (SSSR count). The summed E-state index contributed by atoms with van der Waals surface area (Å²) in [6.07, 6.45) is 11.3. The quantitative estimate of drug-likeness (QED) is 0.416. The van der Waals surface area contributed by atoms with Crippen molar-refractivity contribution in [2.75, 3.05) is 20.3 Å². The van der Waals surface area contributed by atoms with Gasteiger partial charge in [-0.15, -0.1) is 0 Å². The fourth-order valence-corrected chi connectivity index (χ4v) is 11.7. The van der Waals surface area contributed by atoms with Crippen LogP contribution in [0.2, 0.25) is 0 Å². The Hall–Kier alpha value is -2.24. The molecule has 6 aliphatic carbocycles. The SMILES string of the molecule is COc1ccc([C@]23C=C[C@@]4(CCCC[C@]24C)[C@H]2[C@@H]4C(=O)[C@H]5CC(C)=C(C)C[C@H]5C5(OCCO5)[C@@H]4CC(=O)[C@H]23)cc1. The number of carbonyl (C=O) groups excluding carboxylic acids is 2. The van der Waals surface area contributed by atoms with Crippen LogP contribution in [-0.2, 0) is 24.5 Å². The molecule has 0 unspecified atom stereocenters. The van der Waals surface area contributed by atoms with Gasteiger partial charge in [0, 0.05) is 41.4 Å². The van der Waals surface area contributed by atoms with E-state index in [0.29, 0.717) is 31.2 Å². The first-order chi connectivity index (χ1) is 19.2. The van der Waals surface area contributed by atoms with Crippen molar-refractivity contribution in [2.24, 2.45) is 46.3 Å². The molecule has 0 N–H and O–H groups in total. The predicted molar refractivity (Wildman–Crippen MR) is 151 cm³/mol. The third kappa shape index (κ3) is 2.69. The van der Waals surface area contributed by atoms with E-state index in [1.807, 2.05) is 12.1 Å². The predicted octanol–water partition coefficient (Wildman–Crippen LogP) is 6.21. The lowest BCUT2D eigenvalue weighted by Gasteiger charge is -2.59. The summed E-state index contributed by atoms with van der Waals surface area (Å²) < 4.78 is 18.8. The lowest BCUT2D eigenvalue weighted by molar-refractivity contribution is -0.275. The molecule has 1 spiro atoms. The molecule has 0 radical (unpaired) electrons. The van der Waals surface area contributed by atoms with E-state index in [0.717, 1.165) is 44.3 Å². The molecule has 1 aromatic carbocycles. The molecule has 0 amide bonds. The molecule has 1 saturated heterocycles. The lowest BCUT2D eigenvalue weighted by atomic mass is 9.46. The second kappa shape index (κ2) is 8.19. The maximum Gasteiger partial charge on any atom is 0.176 e. The van der Waals surface area contributed by atoms with Gasteiger partial charge in [0.15, 0.2) is 5.79 Å². The van der Waals surface area contributed by atoms with Crippen molar-refractivity contribution in [3.8, 4) is 5.75 Å². The number of ether oxygens (including phenoxy) is 3. The number of allylic oxidation sites excluding steroid dienone is 4. The van der Waals surface area contributed by atoms with Crippen LogP contribution in [0.3, 0.4) is 0 Å². The van der Waals surface area contributed by atoms with Gasteiger partial charge in [-0.25, -0.2) is 0 Å². The Labute approximate surface area is 237 Å². The van der Waals surface area contributed by atoms with Gasteiger partial charge in [0.25, 0.3) is 0 Å². The number of rotatable bonds is 2. The zero-order valence-corrected chi connectivity index (χ0v) is 24.3. The molecule has 5 fully saturated rings. The average molecular weight is 543 g/mol. The summed E-state index contributed by atoms with van der Waals surface area (Å²) in [7, 11) is 1.70. The standard InChI is InChI=1S/C35H42O5/c1-20-17-24-25(18-21(20)2)35(39-15-16-40-35)26-19-27(36)29-30(28(26)31(24)37)33-12-6-5-11-32(33,3)34(29,14-13-33)22-7-9-23(38-4)10-8-22/h7-10,13-14,24-26,28-30H,5-6,11-12,15-19H2,1-4H3/t24-,25+,26+,28+,29+,30-,32-,33-,34-/m0/s1. The van der Waals surface area contributed by atoms with Gasteiger partial charge in [-0.2, -0.15) is 0 Å². The molecule has 2 bridgehead atoms. The summed E-state index contributed by atoms with van der Waals surface area (Å²) in [5.74, 6) is -0.0217. The van der Waals surface area contributed by atoms with Gasteiger partial charge >= 0.3 is 0 Å². The van der Waals surface area contributed by atoms with Crippen LogP contribution in [0.5, 0.6) is 5.75 Å². The van der Waals surface area contributed by atoms with Crippen LogP contribution in [-0.4, -0.2) is 37.7 Å². The summed E-state index contributed by atoms with van der Waals surface area (Å²) >= 11 is 0. The van der Waals surface area contributed by atoms with E-state index in [2.05, 4.69) is 45.1 Å². The number of methoxy groups -OCH3 is 1. The van der Waals surface area contributed by atoms with Crippen LogP contribution in [0.1, 0.15) is 71.3 Å². The first-order valence-electron chi connectivity index (χ1n) is 15.6. The second-order valence-electron chi connectivity index (χ2n) is 14.3. The lowest BCUT2D eigenvalue weighted by Crippen LogP contribution is -2.66. The molecular formula is C35H42O5. The van der Waals surface area contributed by atoms with Gasteiger partial charge in [-0.05, 0) is 74.0 Å². The summed E-state index contributed by atoms with van der Waals surface area (Å²) in [5.41, 5.74) is 3.19. The highest BCUT2D eigenvalue weighted by atomic mass is 16.7. The molecule has 40 heavy (non-hydrogen) atoms. The number of benzene rings is 1. The number of hydrogen-bond acceptors (Lipinski definition) is 5. The molecule has 4 saturated carbocycles. The van der Waals surface area contributed by atoms with Gasteiger partial charge in [0.05, 0.1) is 20.3 Å². The van der Waals surface area contributed by atoms with E-state index < -0.39 is 11.2 Å². The van der Waals surface area contributed by atoms with E-state index in [1.165, 1.54) is 16.7 Å². The van der Waals surface area contributed by atoms with Gasteiger partial charge in [-0.1, -0.05) is 55.2 Å². The molecule has 0 aromatic heterocycles. The topological polar surface area (TPSA) is 61.8 Å². The first kappa shape index (κ1) is 25.5. The number of Topliss-reactive ketones (excluding diaryl/α,β-unsaturated/α-hetero) is 2. The summed E-state index contributed by atoms with van der Waals surface area (Å²) in [6, 6.07) is 8.45. The maximum absolute atomic E-state index is 14.9. The highest BCUT2D eigenvalue weighted by Crippen LogP contribution is 2.81. The summed E-state index contributed by atoms with van der Waals surface area (Å²) in [4.78, 5) is 29.7. The summed E-state index contributed by atoms with van der Waals surface area (Å²) in [6.45, 7) is 7.92. The van der Waals surface area contributed by atoms with Crippen molar-refractivity contribution in [1.82, 2.24) is 0 Å². The third-order valence-corrected chi connectivity index (χ3v) is 13.4. The van der Waals surface area contributed by atoms with Crippen molar-refractivity contribution in [3.05, 3.63) is 53.1 Å². The Morgan fingerprint density at radius 1 is 0.875 bits per heavy atom. The zero-order valence-electron chi connectivity index (χ0n) is 24.3. The van der Waals surface area contributed by atoms with Crippen molar-refractivity contribution in [1.29, 1.82) is 0 Å². The normalized spacial score (nSPS) is 46.3. The van der Waals surface area contributed by atoms with E-state index in [-0.39, 0.29) is 46.3 Å². The van der Waals surface area contributed by atoms with Crippen LogP contribution in [0.25, 0.3) is 0 Å². The fraction of sp³-hybridized carbons (Fsp3) is 0.657. The summed E-state index contributed by atoms with van der Waals surface area (Å²) in [5, 5.41) is 0. The highest BCUT2D eigenvalue weighted by molar-refractivity contribution is 5.94. The van der Waals surface area contributed by atoms with Crippen molar-refractivity contribution in [3.63, 3.8) is 0 Å². The van der Waals surface area contributed by atoms with E-state index >= 15 is 0 Å². The first-order valence-corrected chi connectivity index (χ1v) is 15.6. The molecule has 1 heterocycles. The number of fused-ring (bicyclic) bond motifs is 7. The van der Waals surface area contributed by atoms with Crippen molar-refractivity contribution in [2.45, 2.75) is 76.9 Å². The Morgan fingerprint density at radius 2 is 1.57 bits per heavy atom. The molecule has 9 atom stereocenters. The molecular weight excluding hydrogens is 500 g/mol. The molecule has 1 aromatic rings.